The summed E-state index contributed by atoms with van der Waals surface area (Å²) in [5.74, 6) is -0.000655. The van der Waals surface area contributed by atoms with Gasteiger partial charge in [0.05, 0.1) is 6.54 Å². The van der Waals surface area contributed by atoms with Crippen LogP contribution in [0.4, 0.5) is 5.69 Å². The summed E-state index contributed by atoms with van der Waals surface area (Å²) in [6.07, 6.45) is 1.10. The molecule has 0 aliphatic carbocycles. The van der Waals surface area contributed by atoms with Crippen molar-refractivity contribution in [3.8, 4) is 0 Å². The van der Waals surface area contributed by atoms with E-state index in [0.29, 0.717) is 11.6 Å². The fraction of sp³-hybridized carbons (Fsp3) is 0.533. The molecular weight excluding hydrogens is 274 g/mol. The molecule has 0 aliphatic rings. The number of rotatable bonds is 8. The van der Waals surface area contributed by atoms with E-state index in [2.05, 4.69) is 17.6 Å². The normalized spacial score (nSPS) is 10.4. The number of amides is 1. The van der Waals surface area contributed by atoms with Crippen molar-refractivity contribution in [1.82, 2.24) is 10.6 Å². The number of nitrogens with zero attached hydrogens (tertiary/aromatic N) is 1. The standard InChI is InChI=1S/C15H24ClN3O/c1-4-8-18-10-12-6-7-13(16)9-14(12)19(5-2)11-15(20)17-3/h6-7,9,18H,4-5,8,10-11H2,1-3H3,(H,17,20). The van der Waals surface area contributed by atoms with Gasteiger partial charge in [-0.15, -0.1) is 0 Å². The van der Waals surface area contributed by atoms with Crippen LogP contribution < -0.4 is 15.5 Å². The number of carbonyl (C=O) groups excluding carboxylic acids is 1. The summed E-state index contributed by atoms with van der Waals surface area (Å²) in [5.41, 5.74) is 2.18. The van der Waals surface area contributed by atoms with Gasteiger partial charge in [0.2, 0.25) is 5.91 Å². The van der Waals surface area contributed by atoms with Crippen LogP contribution in [0.1, 0.15) is 25.8 Å². The van der Waals surface area contributed by atoms with Crippen molar-refractivity contribution in [2.24, 2.45) is 0 Å². The monoisotopic (exact) mass is 297 g/mol. The van der Waals surface area contributed by atoms with Crippen molar-refractivity contribution in [2.45, 2.75) is 26.8 Å². The molecule has 0 atom stereocenters. The zero-order valence-electron chi connectivity index (χ0n) is 12.5. The maximum absolute atomic E-state index is 11.6. The molecule has 1 amide bonds. The van der Waals surface area contributed by atoms with E-state index in [1.807, 2.05) is 30.0 Å². The van der Waals surface area contributed by atoms with Gasteiger partial charge in [-0.3, -0.25) is 4.79 Å². The van der Waals surface area contributed by atoms with E-state index in [-0.39, 0.29) is 5.91 Å². The van der Waals surface area contributed by atoms with E-state index < -0.39 is 0 Å². The van der Waals surface area contributed by atoms with Crippen molar-refractivity contribution in [1.29, 1.82) is 0 Å². The zero-order chi connectivity index (χ0) is 15.0. The van der Waals surface area contributed by atoms with Crippen LogP contribution in [0.25, 0.3) is 0 Å². The molecule has 4 nitrogen and oxygen atoms in total. The summed E-state index contributed by atoms with van der Waals surface area (Å²) in [6.45, 7) is 7.03. The van der Waals surface area contributed by atoms with Gasteiger partial charge in [0.15, 0.2) is 0 Å². The number of hydrogen-bond acceptors (Lipinski definition) is 3. The highest BCUT2D eigenvalue weighted by atomic mass is 35.5. The minimum atomic E-state index is -0.000655. The SMILES string of the molecule is CCCNCc1ccc(Cl)cc1N(CC)CC(=O)NC. The molecule has 5 heteroatoms. The van der Waals surface area contributed by atoms with Gasteiger partial charge in [0, 0.05) is 30.8 Å². The highest BCUT2D eigenvalue weighted by Crippen LogP contribution is 2.25. The average molecular weight is 298 g/mol. The van der Waals surface area contributed by atoms with Crippen LogP contribution >= 0.6 is 11.6 Å². The second kappa shape index (κ2) is 8.82. The van der Waals surface area contributed by atoms with Gasteiger partial charge in [-0.1, -0.05) is 24.6 Å². The van der Waals surface area contributed by atoms with Crippen molar-refractivity contribution in [3.63, 3.8) is 0 Å². The number of likely N-dealkylation sites (N-methyl/N-ethyl adjacent to an activating group) is 2. The van der Waals surface area contributed by atoms with Crippen molar-refractivity contribution in [2.75, 3.05) is 31.6 Å². The van der Waals surface area contributed by atoms with E-state index in [4.69, 9.17) is 11.6 Å². The Hall–Kier alpha value is -1.26. The molecule has 20 heavy (non-hydrogen) atoms. The minimum absolute atomic E-state index is 0.000655. The average Bonchev–Trinajstić information content (AvgIpc) is 2.46. The van der Waals surface area contributed by atoms with E-state index >= 15 is 0 Å². The third-order valence-electron chi connectivity index (χ3n) is 3.13. The van der Waals surface area contributed by atoms with Gasteiger partial charge >= 0.3 is 0 Å². The molecule has 0 radical (unpaired) electrons. The summed E-state index contributed by atoms with van der Waals surface area (Å²) >= 11 is 6.10. The molecule has 1 aromatic rings. The number of benzene rings is 1. The molecule has 1 aromatic carbocycles. The largest absolute Gasteiger partial charge is 0.362 e. The molecule has 2 N–H and O–H groups in total. The first-order valence-corrected chi connectivity index (χ1v) is 7.44. The molecule has 0 aromatic heterocycles. The summed E-state index contributed by atoms with van der Waals surface area (Å²) in [4.78, 5) is 13.6. The first-order valence-electron chi connectivity index (χ1n) is 7.07. The Morgan fingerprint density at radius 1 is 1.35 bits per heavy atom. The maximum Gasteiger partial charge on any atom is 0.239 e. The van der Waals surface area contributed by atoms with Gasteiger partial charge in [-0.2, -0.15) is 0 Å². The lowest BCUT2D eigenvalue weighted by atomic mass is 10.1. The Morgan fingerprint density at radius 3 is 2.70 bits per heavy atom. The Balaban J connectivity index is 2.92. The molecule has 0 aliphatic heterocycles. The summed E-state index contributed by atoms with van der Waals surface area (Å²) in [6, 6.07) is 5.84. The second-order valence-corrected chi connectivity index (χ2v) is 5.07. The number of anilines is 1. The number of carbonyl (C=O) groups is 1. The van der Waals surface area contributed by atoms with Crippen LogP contribution in [0.3, 0.4) is 0 Å². The van der Waals surface area contributed by atoms with E-state index in [1.54, 1.807) is 7.05 Å². The number of hydrogen-bond donors (Lipinski definition) is 2. The van der Waals surface area contributed by atoms with Crippen LogP contribution in [0.5, 0.6) is 0 Å². The third-order valence-corrected chi connectivity index (χ3v) is 3.36. The van der Waals surface area contributed by atoms with Gasteiger partial charge < -0.3 is 15.5 Å². The minimum Gasteiger partial charge on any atom is -0.362 e. The lowest BCUT2D eigenvalue weighted by Crippen LogP contribution is -2.36. The highest BCUT2D eigenvalue weighted by molar-refractivity contribution is 6.30. The molecule has 1 rings (SSSR count). The second-order valence-electron chi connectivity index (χ2n) is 4.64. The molecular formula is C15H24ClN3O. The Morgan fingerprint density at radius 2 is 2.10 bits per heavy atom. The number of halogens is 1. The Labute approximate surface area is 126 Å². The van der Waals surface area contributed by atoms with Crippen LogP contribution in [0.15, 0.2) is 18.2 Å². The van der Waals surface area contributed by atoms with Crippen molar-refractivity contribution >= 4 is 23.2 Å². The lowest BCUT2D eigenvalue weighted by molar-refractivity contribution is -0.119. The first-order chi connectivity index (χ1) is 9.62. The quantitative estimate of drug-likeness (QED) is 0.724. The predicted molar refractivity (Wildman–Crippen MR) is 85.4 cm³/mol. The fourth-order valence-electron chi connectivity index (χ4n) is 2.00. The molecule has 0 spiro atoms. The van der Waals surface area contributed by atoms with Crippen molar-refractivity contribution < 1.29 is 4.79 Å². The van der Waals surface area contributed by atoms with Crippen LogP contribution in [0, 0.1) is 0 Å². The molecule has 0 bridgehead atoms. The highest BCUT2D eigenvalue weighted by Gasteiger charge is 2.13. The third kappa shape index (κ3) is 5.02. The molecule has 0 fully saturated rings. The van der Waals surface area contributed by atoms with E-state index in [9.17, 15) is 4.79 Å². The zero-order valence-corrected chi connectivity index (χ0v) is 13.3. The van der Waals surface area contributed by atoms with Crippen molar-refractivity contribution in [3.05, 3.63) is 28.8 Å². The molecule has 112 valence electrons. The van der Waals surface area contributed by atoms with E-state index in [0.717, 1.165) is 37.3 Å². The van der Waals surface area contributed by atoms with Gasteiger partial charge in [0.25, 0.3) is 0 Å². The molecule has 0 saturated carbocycles. The molecule has 0 unspecified atom stereocenters. The summed E-state index contributed by atoms with van der Waals surface area (Å²) in [7, 11) is 1.65. The smallest absolute Gasteiger partial charge is 0.239 e. The Bertz CT molecular complexity index is 437. The Kier molecular flexibility index (Phi) is 7.41. The first kappa shape index (κ1) is 16.8. The predicted octanol–water partition coefficient (Wildman–Crippen LogP) is 2.41. The number of nitrogens with one attached hydrogen (secondary N) is 2. The topological polar surface area (TPSA) is 44.4 Å². The fourth-order valence-corrected chi connectivity index (χ4v) is 2.17. The maximum atomic E-state index is 11.6. The summed E-state index contributed by atoms with van der Waals surface area (Å²) < 4.78 is 0. The van der Waals surface area contributed by atoms with Gasteiger partial charge in [-0.25, -0.2) is 0 Å². The van der Waals surface area contributed by atoms with Crippen LogP contribution in [-0.4, -0.2) is 32.6 Å². The summed E-state index contributed by atoms with van der Waals surface area (Å²) in [5, 5.41) is 6.73. The van der Waals surface area contributed by atoms with Crippen LogP contribution in [0.2, 0.25) is 5.02 Å². The molecule has 0 saturated heterocycles. The van der Waals surface area contributed by atoms with E-state index in [1.165, 1.54) is 0 Å². The van der Waals surface area contributed by atoms with Gasteiger partial charge in [-0.05, 0) is 37.6 Å². The van der Waals surface area contributed by atoms with Gasteiger partial charge in [0.1, 0.15) is 0 Å². The lowest BCUT2D eigenvalue weighted by Gasteiger charge is -2.25. The van der Waals surface area contributed by atoms with Crippen LogP contribution in [-0.2, 0) is 11.3 Å². The molecule has 0 heterocycles.